The van der Waals surface area contributed by atoms with E-state index in [1.54, 1.807) is 0 Å². The highest BCUT2D eigenvalue weighted by Gasteiger charge is 2.20. The van der Waals surface area contributed by atoms with Gasteiger partial charge in [0.1, 0.15) is 0 Å². The predicted octanol–water partition coefficient (Wildman–Crippen LogP) is 4.36. The van der Waals surface area contributed by atoms with Gasteiger partial charge in [0.25, 0.3) is 0 Å². The van der Waals surface area contributed by atoms with Gasteiger partial charge in [-0.3, -0.25) is 4.79 Å². The molecule has 162 valence electrons. The van der Waals surface area contributed by atoms with Gasteiger partial charge in [0, 0.05) is 25.7 Å². The lowest BCUT2D eigenvalue weighted by Gasteiger charge is -2.17. The van der Waals surface area contributed by atoms with Crippen LogP contribution in [0.15, 0.2) is 77.7 Å². The quantitative estimate of drug-likeness (QED) is 0.562. The van der Waals surface area contributed by atoms with Gasteiger partial charge in [-0.25, -0.2) is 17.2 Å². The topological polar surface area (TPSA) is 66.5 Å². The lowest BCUT2D eigenvalue weighted by atomic mass is 10.1. The Balaban J connectivity index is 1.58. The van der Waals surface area contributed by atoms with Gasteiger partial charge in [0.15, 0.2) is 11.6 Å². The van der Waals surface area contributed by atoms with E-state index in [-0.39, 0.29) is 30.2 Å². The van der Waals surface area contributed by atoms with E-state index >= 15 is 0 Å². The highest BCUT2D eigenvalue weighted by atomic mass is 32.2. The van der Waals surface area contributed by atoms with Crippen LogP contribution in [0.1, 0.15) is 17.5 Å². The highest BCUT2D eigenvalue weighted by Crippen LogP contribution is 2.19. The fourth-order valence-electron chi connectivity index (χ4n) is 2.99. The van der Waals surface area contributed by atoms with Crippen LogP contribution >= 0.6 is 0 Å². The molecule has 0 heterocycles. The molecule has 0 bridgehead atoms. The molecule has 1 N–H and O–H groups in total. The summed E-state index contributed by atoms with van der Waals surface area (Å²) < 4.78 is 53.0. The number of benzene rings is 3. The van der Waals surface area contributed by atoms with Crippen LogP contribution in [0.5, 0.6) is 0 Å². The Morgan fingerprint density at radius 3 is 2.23 bits per heavy atom. The van der Waals surface area contributed by atoms with E-state index in [4.69, 9.17) is 0 Å². The largest absolute Gasteiger partial charge is 0.326 e. The zero-order chi connectivity index (χ0) is 22.4. The summed E-state index contributed by atoms with van der Waals surface area (Å²) in [5, 5.41) is 2.67. The molecule has 0 saturated heterocycles. The molecular formula is C23H22F2N2O3S. The summed E-state index contributed by atoms with van der Waals surface area (Å²) >= 11 is 0. The first-order valence-electron chi connectivity index (χ1n) is 9.60. The monoisotopic (exact) mass is 444 g/mol. The average molecular weight is 445 g/mol. The van der Waals surface area contributed by atoms with Crippen LogP contribution in [0.2, 0.25) is 0 Å². The minimum atomic E-state index is -3.68. The molecule has 3 aromatic carbocycles. The van der Waals surface area contributed by atoms with Gasteiger partial charge in [0.2, 0.25) is 15.9 Å². The molecule has 3 aromatic rings. The lowest BCUT2D eigenvalue weighted by Crippen LogP contribution is -2.26. The Morgan fingerprint density at radius 1 is 0.903 bits per heavy atom. The van der Waals surface area contributed by atoms with Crippen LogP contribution in [-0.4, -0.2) is 25.7 Å². The molecule has 0 aliphatic heterocycles. The fourth-order valence-corrected chi connectivity index (χ4v) is 4.15. The van der Waals surface area contributed by atoms with Crippen molar-refractivity contribution in [1.82, 2.24) is 4.31 Å². The van der Waals surface area contributed by atoms with Gasteiger partial charge < -0.3 is 5.32 Å². The predicted molar refractivity (Wildman–Crippen MR) is 115 cm³/mol. The van der Waals surface area contributed by atoms with Crippen molar-refractivity contribution in [2.45, 2.75) is 24.3 Å². The van der Waals surface area contributed by atoms with Crippen molar-refractivity contribution in [2.75, 3.05) is 12.4 Å². The van der Waals surface area contributed by atoms with Crippen molar-refractivity contribution in [3.05, 3.63) is 95.6 Å². The molecule has 0 aliphatic rings. The van der Waals surface area contributed by atoms with Crippen molar-refractivity contribution in [3.63, 3.8) is 0 Å². The van der Waals surface area contributed by atoms with Gasteiger partial charge in [-0.05, 0) is 53.9 Å². The van der Waals surface area contributed by atoms with Crippen LogP contribution in [0, 0.1) is 11.6 Å². The van der Waals surface area contributed by atoms with Crippen molar-refractivity contribution >= 4 is 21.6 Å². The second-order valence-corrected chi connectivity index (χ2v) is 9.11. The van der Waals surface area contributed by atoms with Crippen molar-refractivity contribution in [3.8, 4) is 0 Å². The van der Waals surface area contributed by atoms with Crippen LogP contribution in [-0.2, 0) is 27.8 Å². The number of carbonyl (C=O) groups excluding carboxylic acids is 1. The third-order valence-electron chi connectivity index (χ3n) is 4.72. The molecule has 0 radical (unpaired) electrons. The summed E-state index contributed by atoms with van der Waals surface area (Å²) in [7, 11) is -2.17. The second kappa shape index (κ2) is 9.80. The van der Waals surface area contributed by atoms with Gasteiger partial charge in [-0.2, -0.15) is 4.31 Å². The van der Waals surface area contributed by atoms with Crippen molar-refractivity contribution in [2.24, 2.45) is 0 Å². The normalized spacial score (nSPS) is 11.5. The zero-order valence-electron chi connectivity index (χ0n) is 16.9. The fraction of sp³-hybridized carbons (Fsp3) is 0.174. The Bertz CT molecular complexity index is 1150. The molecule has 0 saturated carbocycles. The lowest BCUT2D eigenvalue weighted by molar-refractivity contribution is -0.116. The van der Waals surface area contributed by atoms with Crippen LogP contribution in [0.25, 0.3) is 0 Å². The maximum absolute atomic E-state index is 13.2. The maximum Gasteiger partial charge on any atom is 0.243 e. The Kier molecular flexibility index (Phi) is 7.14. The number of anilines is 1. The van der Waals surface area contributed by atoms with Crippen molar-refractivity contribution in [1.29, 1.82) is 0 Å². The van der Waals surface area contributed by atoms with E-state index in [0.29, 0.717) is 11.3 Å². The van der Waals surface area contributed by atoms with Gasteiger partial charge in [-0.15, -0.1) is 0 Å². The summed E-state index contributed by atoms with van der Waals surface area (Å²) in [6, 6.07) is 18.7. The molecule has 8 heteroatoms. The van der Waals surface area contributed by atoms with E-state index in [9.17, 15) is 22.0 Å². The first-order chi connectivity index (χ1) is 14.8. The summed E-state index contributed by atoms with van der Waals surface area (Å²) in [5.74, 6) is -2.20. The van der Waals surface area contributed by atoms with E-state index in [0.717, 1.165) is 17.7 Å². The molecule has 0 spiro atoms. The molecule has 0 aliphatic carbocycles. The first kappa shape index (κ1) is 22.6. The summed E-state index contributed by atoms with van der Waals surface area (Å²) in [4.78, 5) is 12.2. The molecule has 1 amide bonds. The van der Waals surface area contributed by atoms with E-state index in [1.165, 1.54) is 41.7 Å². The summed E-state index contributed by atoms with van der Waals surface area (Å²) in [6.45, 7) is 0.242. The summed E-state index contributed by atoms with van der Waals surface area (Å²) in [6.07, 6.45) is 0.324. The van der Waals surface area contributed by atoms with Crippen molar-refractivity contribution < 1.29 is 22.0 Å². The standard InChI is InChI=1S/C23H22F2N2O3S/c1-27(16-18-5-3-2-4-6-18)31(29,30)20-11-9-19(10-12-20)26-23(28)14-8-17-7-13-21(24)22(25)15-17/h2-7,9-13,15H,8,14,16H2,1H3,(H,26,28). The van der Waals surface area contributed by atoms with Gasteiger partial charge in [-0.1, -0.05) is 36.4 Å². The summed E-state index contributed by atoms with van der Waals surface area (Å²) in [5.41, 5.74) is 1.83. The number of hydrogen-bond acceptors (Lipinski definition) is 3. The number of rotatable bonds is 8. The van der Waals surface area contributed by atoms with Crippen LogP contribution < -0.4 is 5.32 Å². The third-order valence-corrected chi connectivity index (χ3v) is 6.54. The highest BCUT2D eigenvalue weighted by molar-refractivity contribution is 7.89. The Morgan fingerprint density at radius 2 is 1.58 bits per heavy atom. The first-order valence-corrected chi connectivity index (χ1v) is 11.0. The number of sulfonamides is 1. The number of aryl methyl sites for hydroxylation is 1. The van der Waals surface area contributed by atoms with E-state index < -0.39 is 21.7 Å². The number of carbonyl (C=O) groups is 1. The number of nitrogens with one attached hydrogen (secondary N) is 1. The molecule has 31 heavy (non-hydrogen) atoms. The minimum Gasteiger partial charge on any atom is -0.326 e. The molecule has 5 nitrogen and oxygen atoms in total. The smallest absolute Gasteiger partial charge is 0.243 e. The maximum atomic E-state index is 13.2. The number of hydrogen-bond donors (Lipinski definition) is 1. The minimum absolute atomic E-state index is 0.0743. The molecular weight excluding hydrogens is 422 g/mol. The number of nitrogens with zero attached hydrogens (tertiary/aromatic N) is 1. The van der Waals surface area contributed by atoms with E-state index in [1.807, 2.05) is 30.3 Å². The number of amides is 1. The third kappa shape index (κ3) is 5.96. The SMILES string of the molecule is CN(Cc1ccccc1)S(=O)(=O)c1ccc(NC(=O)CCc2ccc(F)c(F)c2)cc1. The molecule has 3 rings (SSSR count). The van der Waals surface area contributed by atoms with Crippen LogP contribution in [0.4, 0.5) is 14.5 Å². The molecule has 0 aromatic heterocycles. The average Bonchev–Trinajstić information content (AvgIpc) is 2.75. The zero-order valence-corrected chi connectivity index (χ0v) is 17.7. The molecule has 0 fully saturated rings. The Hall–Kier alpha value is -3.10. The number of halogens is 2. The van der Waals surface area contributed by atoms with E-state index in [2.05, 4.69) is 5.32 Å². The Labute approximate surface area is 180 Å². The van der Waals surface area contributed by atoms with Gasteiger partial charge >= 0.3 is 0 Å². The second-order valence-electron chi connectivity index (χ2n) is 7.07. The molecule has 0 atom stereocenters. The molecule has 0 unspecified atom stereocenters. The van der Waals surface area contributed by atoms with Crippen LogP contribution in [0.3, 0.4) is 0 Å². The van der Waals surface area contributed by atoms with Gasteiger partial charge in [0.05, 0.1) is 4.90 Å².